The molecule has 1 heterocycles. The van der Waals surface area contributed by atoms with Crippen LogP contribution in [0.5, 0.6) is 0 Å². The van der Waals surface area contributed by atoms with Crippen molar-refractivity contribution >= 4 is 21.9 Å². The highest BCUT2D eigenvalue weighted by molar-refractivity contribution is 7.90. The zero-order chi connectivity index (χ0) is 17.0. The summed E-state index contributed by atoms with van der Waals surface area (Å²) < 4.78 is 31.9. The largest absolute Gasteiger partial charge is 0.479 e. The fraction of sp³-hybridized carbons (Fsp3) is 0.857. The fourth-order valence-electron chi connectivity index (χ4n) is 2.95. The van der Waals surface area contributed by atoms with E-state index >= 15 is 0 Å². The normalized spacial score (nSPS) is 29.3. The first-order chi connectivity index (χ1) is 10.8. The molecule has 2 rings (SSSR count). The summed E-state index contributed by atoms with van der Waals surface area (Å²) in [6, 6.07) is -0.111. The number of hydrogen-bond acceptors (Lipinski definition) is 5. The van der Waals surface area contributed by atoms with Crippen LogP contribution in [0, 0.1) is 5.92 Å². The first-order valence-electron chi connectivity index (χ1n) is 7.89. The molecule has 9 heteroatoms. The fourth-order valence-corrected chi connectivity index (χ4v) is 4.29. The number of hydrogen-bond donors (Lipinski definition) is 2. The molecule has 0 aromatic rings. The maximum atomic E-state index is 12.1. The Bertz CT molecular complexity index is 541. The lowest BCUT2D eigenvalue weighted by atomic mass is 9.88. The van der Waals surface area contributed by atoms with E-state index in [9.17, 15) is 18.0 Å². The number of amides is 1. The summed E-state index contributed by atoms with van der Waals surface area (Å²) in [7, 11) is -3.71. The monoisotopic (exact) mass is 348 g/mol. The molecule has 1 atom stereocenters. The summed E-state index contributed by atoms with van der Waals surface area (Å²) in [5.74, 6) is -1.78. The van der Waals surface area contributed by atoms with Crippen molar-refractivity contribution in [3.8, 4) is 0 Å². The number of carboxylic acid groups (broad SMARTS) is 1. The lowest BCUT2D eigenvalue weighted by Gasteiger charge is -2.31. The Hall–Kier alpha value is -1.19. The highest BCUT2D eigenvalue weighted by Crippen LogP contribution is 2.23. The number of carbonyl (C=O) groups excluding carboxylic acids is 1. The van der Waals surface area contributed by atoms with Crippen LogP contribution in [0.15, 0.2) is 0 Å². The molecule has 1 amide bonds. The molecular weight excluding hydrogens is 324 g/mol. The zero-order valence-corrected chi connectivity index (χ0v) is 14.0. The van der Waals surface area contributed by atoms with Gasteiger partial charge in [-0.15, -0.1) is 0 Å². The number of aliphatic carboxylic acids is 1. The van der Waals surface area contributed by atoms with E-state index < -0.39 is 33.8 Å². The zero-order valence-electron chi connectivity index (χ0n) is 13.2. The molecule has 23 heavy (non-hydrogen) atoms. The molecule has 0 aromatic carbocycles. The lowest BCUT2D eigenvalue weighted by molar-refractivity contribution is -0.158. The molecule has 1 saturated carbocycles. The van der Waals surface area contributed by atoms with E-state index in [-0.39, 0.29) is 25.7 Å². The Labute approximate surface area is 136 Å². The summed E-state index contributed by atoms with van der Waals surface area (Å²) in [5, 5.41) is 8.91. The van der Waals surface area contributed by atoms with Gasteiger partial charge in [0.2, 0.25) is 15.9 Å². The van der Waals surface area contributed by atoms with Gasteiger partial charge in [-0.1, -0.05) is 6.92 Å². The van der Waals surface area contributed by atoms with Crippen molar-refractivity contribution in [3.63, 3.8) is 0 Å². The molecule has 2 aliphatic rings. The molecule has 0 unspecified atom stereocenters. The predicted octanol–water partition coefficient (Wildman–Crippen LogP) is -0.203. The quantitative estimate of drug-likeness (QED) is 0.711. The topological polar surface area (TPSA) is 113 Å². The SMILES string of the molecule is CC1CCC(NS(=O)(=O)CC(=O)N2CCO[C@H](C(=O)O)C2)CC1. The molecule has 0 radical (unpaired) electrons. The minimum absolute atomic E-state index is 0.0939. The highest BCUT2D eigenvalue weighted by atomic mass is 32.2. The third-order valence-corrected chi connectivity index (χ3v) is 5.69. The molecule has 1 aliphatic carbocycles. The summed E-state index contributed by atoms with van der Waals surface area (Å²) in [6.07, 6.45) is 2.43. The number of morpholine rings is 1. The van der Waals surface area contributed by atoms with E-state index in [0.717, 1.165) is 25.7 Å². The van der Waals surface area contributed by atoms with E-state index in [1.54, 1.807) is 0 Å². The molecule has 2 N–H and O–H groups in total. The summed E-state index contributed by atoms with van der Waals surface area (Å²) in [5.41, 5.74) is 0. The summed E-state index contributed by atoms with van der Waals surface area (Å²) in [6.45, 7) is 2.33. The molecular formula is C14H24N2O6S. The first kappa shape index (κ1) is 18.2. The van der Waals surface area contributed by atoms with E-state index in [0.29, 0.717) is 5.92 Å². The van der Waals surface area contributed by atoms with Crippen LogP contribution in [-0.2, 0) is 24.3 Å². The summed E-state index contributed by atoms with van der Waals surface area (Å²) in [4.78, 5) is 24.3. The molecule has 132 valence electrons. The maximum absolute atomic E-state index is 12.1. The van der Waals surface area contributed by atoms with Crippen molar-refractivity contribution in [3.05, 3.63) is 0 Å². The van der Waals surface area contributed by atoms with Crippen molar-refractivity contribution < 1.29 is 27.9 Å². The predicted molar refractivity (Wildman–Crippen MR) is 82.3 cm³/mol. The maximum Gasteiger partial charge on any atom is 0.334 e. The van der Waals surface area contributed by atoms with Crippen LogP contribution < -0.4 is 4.72 Å². The number of carbonyl (C=O) groups is 2. The van der Waals surface area contributed by atoms with Gasteiger partial charge >= 0.3 is 5.97 Å². The van der Waals surface area contributed by atoms with Gasteiger partial charge in [-0.2, -0.15) is 0 Å². The smallest absolute Gasteiger partial charge is 0.334 e. The van der Waals surface area contributed by atoms with Crippen molar-refractivity contribution in [1.29, 1.82) is 0 Å². The molecule has 0 aromatic heterocycles. The average Bonchev–Trinajstić information content (AvgIpc) is 2.49. The minimum atomic E-state index is -3.71. The van der Waals surface area contributed by atoms with Crippen molar-refractivity contribution in [1.82, 2.24) is 9.62 Å². The van der Waals surface area contributed by atoms with Crippen LogP contribution in [0.3, 0.4) is 0 Å². The van der Waals surface area contributed by atoms with Gasteiger partial charge in [-0.05, 0) is 31.6 Å². The van der Waals surface area contributed by atoms with E-state index in [1.807, 2.05) is 0 Å². The minimum Gasteiger partial charge on any atom is -0.479 e. The van der Waals surface area contributed by atoms with Crippen molar-refractivity contribution in [2.75, 3.05) is 25.4 Å². The van der Waals surface area contributed by atoms with E-state index in [2.05, 4.69) is 11.6 Å². The van der Waals surface area contributed by atoms with E-state index in [4.69, 9.17) is 9.84 Å². The number of ether oxygens (including phenoxy) is 1. The second-order valence-corrected chi connectivity index (χ2v) is 8.13. The number of rotatable bonds is 5. The van der Waals surface area contributed by atoms with Crippen LogP contribution in [-0.4, -0.2) is 67.9 Å². The Morgan fingerprint density at radius 2 is 1.91 bits per heavy atom. The van der Waals surface area contributed by atoms with Crippen LogP contribution in [0.25, 0.3) is 0 Å². The highest BCUT2D eigenvalue weighted by Gasteiger charge is 2.32. The van der Waals surface area contributed by atoms with Gasteiger partial charge < -0.3 is 14.7 Å². The van der Waals surface area contributed by atoms with Crippen LogP contribution in [0.4, 0.5) is 0 Å². The summed E-state index contributed by atoms with van der Waals surface area (Å²) >= 11 is 0. The van der Waals surface area contributed by atoms with Crippen LogP contribution >= 0.6 is 0 Å². The first-order valence-corrected chi connectivity index (χ1v) is 9.54. The van der Waals surface area contributed by atoms with Gasteiger partial charge in [0, 0.05) is 12.6 Å². The standard InChI is InChI=1S/C14H24N2O6S/c1-10-2-4-11(5-3-10)15-23(20,21)9-13(17)16-6-7-22-12(8-16)14(18)19/h10-12,15H,2-9H2,1H3,(H,18,19)/t10?,11?,12-/m0/s1. The Balaban J connectivity index is 1.86. The lowest BCUT2D eigenvalue weighted by Crippen LogP contribution is -2.51. The molecule has 8 nitrogen and oxygen atoms in total. The van der Waals surface area contributed by atoms with Crippen LogP contribution in [0.1, 0.15) is 32.6 Å². The Morgan fingerprint density at radius 3 is 2.52 bits per heavy atom. The number of carboxylic acids is 1. The van der Waals surface area contributed by atoms with Crippen molar-refractivity contribution in [2.24, 2.45) is 5.92 Å². The number of nitrogens with zero attached hydrogens (tertiary/aromatic N) is 1. The third kappa shape index (κ3) is 5.43. The van der Waals surface area contributed by atoms with Gasteiger partial charge in [0.25, 0.3) is 0 Å². The van der Waals surface area contributed by atoms with Crippen molar-refractivity contribution in [2.45, 2.75) is 44.8 Å². The van der Waals surface area contributed by atoms with Crippen LogP contribution in [0.2, 0.25) is 0 Å². The van der Waals surface area contributed by atoms with Gasteiger partial charge in [-0.25, -0.2) is 17.9 Å². The van der Waals surface area contributed by atoms with Gasteiger partial charge in [0.15, 0.2) is 6.10 Å². The second kappa shape index (κ2) is 7.59. The molecule has 0 bridgehead atoms. The number of sulfonamides is 1. The Morgan fingerprint density at radius 1 is 1.26 bits per heavy atom. The number of nitrogens with one attached hydrogen (secondary N) is 1. The van der Waals surface area contributed by atoms with E-state index in [1.165, 1.54) is 4.90 Å². The van der Waals surface area contributed by atoms with Gasteiger partial charge in [0.1, 0.15) is 5.75 Å². The van der Waals surface area contributed by atoms with Gasteiger partial charge in [0.05, 0.1) is 13.2 Å². The third-order valence-electron chi connectivity index (χ3n) is 4.37. The molecule has 0 spiro atoms. The second-order valence-electron chi connectivity index (χ2n) is 6.37. The molecule has 2 fully saturated rings. The average molecular weight is 348 g/mol. The Kier molecular flexibility index (Phi) is 5.99. The molecule has 1 aliphatic heterocycles. The van der Waals surface area contributed by atoms with Gasteiger partial charge in [-0.3, -0.25) is 4.79 Å². The molecule has 1 saturated heterocycles.